The van der Waals surface area contributed by atoms with Crippen LogP contribution >= 0.6 is 0 Å². The average molecular weight is 505 g/mol. The second kappa shape index (κ2) is 15.4. The van der Waals surface area contributed by atoms with Crippen molar-refractivity contribution in [3.05, 3.63) is 37.0 Å². The van der Waals surface area contributed by atoms with E-state index in [1.54, 1.807) is 0 Å². The molecule has 204 valence electrons. The minimum Gasteiger partial charge on any atom is -0.427 e. The number of carbonyl (C=O) groups excluding carboxylic acids is 2. The molecule has 36 heavy (non-hydrogen) atoms. The fourth-order valence-corrected chi connectivity index (χ4v) is 4.69. The number of esters is 2. The van der Waals surface area contributed by atoms with E-state index in [9.17, 15) is 9.59 Å². The first-order valence-corrected chi connectivity index (χ1v) is 13.8. The first-order valence-electron chi connectivity index (χ1n) is 13.8. The van der Waals surface area contributed by atoms with Gasteiger partial charge in [-0.1, -0.05) is 82.2 Å². The molecular formula is C30H48O6. The van der Waals surface area contributed by atoms with Crippen LogP contribution in [0.25, 0.3) is 0 Å². The molecule has 2 heterocycles. The summed E-state index contributed by atoms with van der Waals surface area (Å²) in [6, 6.07) is 0. The SMILES string of the molecule is C=CCC1(C/C=C/CC2(C/C=C/CCCCCCCCCC)C(=O)OCOC2=O)COC(C)(C)OC1. The van der Waals surface area contributed by atoms with Crippen LogP contribution < -0.4 is 0 Å². The van der Waals surface area contributed by atoms with Gasteiger partial charge in [-0.25, -0.2) is 0 Å². The first-order chi connectivity index (χ1) is 17.3. The minimum atomic E-state index is -1.32. The maximum absolute atomic E-state index is 12.7. The van der Waals surface area contributed by atoms with Gasteiger partial charge in [0.15, 0.2) is 11.2 Å². The Morgan fingerprint density at radius 2 is 1.28 bits per heavy atom. The smallest absolute Gasteiger partial charge is 0.327 e. The van der Waals surface area contributed by atoms with E-state index in [4.69, 9.17) is 18.9 Å². The Bertz CT molecular complexity index is 725. The lowest BCUT2D eigenvalue weighted by atomic mass is 9.78. The highest BCUT2D eigenvalue weighted by atomic mass is 16.7. The molecule has 0 N–H and O–H groups in total. The summed E-state index contributed by atoms with van der Waals surface area (Å²) >= 11 is 0. The third-order valence-corrected chi connectivity index (χ3v) is 7.23. The quantitative estimate of drug-likeness (QED) is 0.0903. The van der Waals surface area contributed by atoms with Crippen molar-refractivity contribution in [2.75, 3.05) is 20.0 Å². The zero-order chi connectivity index (χ0) is 26.3. The van der Waals surface area contributed by atoms with Gasteiger partial charge in [0.1, 0.15) is 0 Å². The Hall–Kier alpha value is -1.92. The molecule has 0 unspecified atom stereocenters. The predicted octanol–water partition coefficient (Wildman–Crippen LogP) is 7.19. The number of carbonyl (C=O) groups is 2. The summed E-state index contributed by atoms with van der Waals surface area (Å²) in [5, 5.41) is 0. The molecule has 0 aromatic rings. The van der Waals surface area contributed by atoms with E-state index in [-0.39, 0.29) is 25.0 Å². The highest BCUT2D eigenvalue weighted by molar-refractivity contribution is 6.01. The zero-order valence-electron chi connectivity index (χ0n) is 22.9. The molecule has 0 atom stereocenters. The average Bonchev–Trinajstić information content (AvgIpc) is 2.85. The molecule has 0 aliphatic carbocycles. The molecule has 2 aliphatic rings. The van der Waals surface area contributed by atoms with E-state index in [0.717, 1.165) is 19.3 Å². The van der Waals surface area contributed by atoms with Crippen LogP contribution in [0.3, 0.4) is 0 Å². The summed E-state index contributed by atoms with van der Waals surface area (Å²) in [7, 11) is 0. The topological polar surface area (TPSA) is 71.1 Å². The summed E-state index contributed by atoms with van der Waals surface area (Å²) in [5.41, 5.74) is -1.53. The maximum Gasteiger partial charge on any atom is 0.327 e. The Morgan fingerprint density at radius 3 is 1.86 bits per heavy atom. The van der Waals surface area contributed by atoms with Crippen molar-refractivity contribution < 1.29 is 28.5 Å². The zero-order valence-corrected chi connectivity index (χ0v) is 22.9. The summed E-state index contributed by atoms with van der Waals surface area (Å²) < 4.78 is 22.1. The van der Waals surface area contributed by atoms with E-state index in [1.165, 1.54) is 44.9 Å². The van der Waals surface area contributed by atoms with E-state index in [2.05, 4.69) is 19.6 Å². The van der Waals surface area contributed by atoms with Crippen molar-refractivity contribution in [1.29, 1.82) is 0 Å². The van der Waals surface area contributed by atoms with Crippen LogP contribution in [-0.2, 0) is 28.5 Å². The van der Waals surface area contributed by atoms with Crippen molar-refractivity contribution in [2.45, 2.75) is 110 Å². The lowest BCUT2D eigenvalue weighted by molar-refractivity contribution is -0.284. The maximum atomic E-state index is 12.7. The van der Waals surface area contributed by atoms with Crippen LogP contribution in [0.1, 0.15) is 104 Å². The summed E-state index contributed by atoms with van der Waals surface area (Å²) in [4.78, 5) is 25.5. The summed E-state index contributed by atoms with van der Waals surface area (Å²) in [6.45, 7) is 10.8. The number of hydrogen-bond donors (Lipinski definition) is 0. The van der Waals surface area contributed by atoms with E-state index in [1.807, 2.05) is 38.2 Å². The molecule has 2 saturated heterocycles. The van der Waals surface area contributed by atoms with Crippen molar-refractivity contribution in [3.63, 3.8) is 0 Å². The minimum absolute atomic E-state index is 0.204. The molecule has 2 fully saturated rings. The molecule has 0 aromatic carbocycles. The van der Waals surface area contributed by atoms with Crippen LogP contribution in [0.2, 0.25) is 0 Å². The van der Waals surface area contributed by atoms with Crippen LogP contribution in [0, 0.1) is 10.8 Å². The van der Waals surface area contributed by atoms with Gasteiger partial charge < -0.3 is 18.9 Å². The fourth-order valence-electron chi connectivity index (χ4n) is 4.69. The van der Waals surface area contributed by atoms with Gasteiger partial charge in [-0.2, -0.15) is 0 Å². The number of allylic oxidation sites excluding steroid dienone is 5. The first kappa shape index (κ1) is 30.3. The van der Waals surface area contributed by atoms with Gasteiger partial charge in [-0.05, 0) is 52.4 Å². The molecule has 6 heteroatoms. The van der Waals surface area contributed by atoms with Crippen LogP contribution in [-0.4, -0.2) is 37.7 Å². The second-order valence-corrected chi connectivity index (χ2v) is 10.9. The normalized spacial score (nSPS) is 21.0. The van der Waals surface area contributed by atoms with E-state index in [0.29, 0.717) is 19.6 Å². The van der Waals surface area contributed by atoms with E-state index < -0.39 is 23.1 Å². The number of cyclic esters (lactones) is 2. The predicted molar refractivity (Wildman–Crippen MR) is 142 cm³/mol. The monoisotopic (exact) mass is 504 g/mol. The summed E-state index contributed by atoms with van der Waals surface area (Å²) in [6.07, 6.45) is 22.9. The van der Waals surface area contributed by atoms with Crippen LogP contribution in [0.5, 0.6) is 0 Å². The van der Waals surface area contributed by atoms with Crippen molar-refractivity contribution in [3.8, 4) is 0 Å². The van der Waals surface area contributed by atoms with Gasteiger partial charge in [-0.15, -0.1) is 6.58 Å². The third kappa shape index (κ3) is 9.51. The van der Waals surface area contributed by atoms with Crippen molar-refractivity contribution >= 4 is 11.9 Å². The number of unbranched alkanes of at least 4 members (excludes halogenated alkanes) is 8. The fraction of sp³-hybridized carbons (Fsp3) is 0.733. The Labute approximate surface area is 218 Å². The number of hydrogen-bond acceptors (Lipinski definition) is 6. The Balaban J connectivity index is 1.87. The van der Waals surface area contributed by atoms with Gasteiger partial charge >= 0.3 is 11.9 Å². The van der Waals surface area contributed by atoms with Gasteiger partial charge in [-0.3, -0.25) is 9.59 Å². The molecule has 0 amide bonds. The highest BCUT2D eigenvalue weighted by Crippen LogP contribution is 2.38. The molecule has 2 aliphatic heterocycles. The molecule has 0 aromatic heterocycles. The Kier molecular flexibility index (Phi) is 12.9. The molecule has 0 saturated carbocycles. The molecular weight excluding hydrogens is 456 g/mol. The molecule has 0 radical (unpaired) electrons. The highest BCUT2D eigenvalue weighted by Gasteiger charge is 2.50. The number of rotatable bonds is 17. The lowest BCUT2D eigenvalue weighted by Gasteiger charge is -2.42. The second-order valence-electron chi connectivity index (χ2n) is 10.9. The third-order valence-electron chi connectivity index (χ3n) is 7.23. The molecule has 0 spiro atoms. The largest absolute Gasteiger partial charge is 0.427 e. The van der Waals surface area contributed by atoms with Gasteiger partial charge in [0.2, 0.25) is 6.79 Å². The number of ether oxygens (including phenoxy) is 4. The molecule has 6 nitrogen and oxygen atoms in total. The summed E-state index contributed by atoms with van der Waals surface area (Å²) in [5.74, 6) is -1.60. The van der Waals surface area contributed by atoms with Crippen LogP contribution in [0.15, 0.2) is 37.0 Å². The lowest BCUT2D eigenvalue weighted by Crippen LogP contribution is -2.46. The van der Waals surface area contributed by atoms with Gasteiger partial charge in [0.25, 0.3) is 0 Å². The van der Waals surface area contributed by atoms with Crippen LogP contribution in [0.4, 0.5) is 0 Å². The Morgan fingerprint density at radius 1 is 0.750 bits per heavy atom. The van der Waals surface area contributed by atoms with Gasteiger partial charge in [0, 0.05) is 5.41 Å². The van der Waals surface area contributed by atoms with Gasteiger partial charge in [0.05, 0.1) is 13.2 Å². The standard InChI is InChI=1S/C30H48O6/c1-5-7-8-9-10-11-12-13-14-15-16-21-30(26(31)33-25-34-27(30)32)22-18-17-20-29(19-6-2)23-35-28(3,4)36-24-29/h6,15-18H,2,5,7-14,19-25H2,1,3-4H3/b16-15+,18-17+. The van der Waals surface area contributed by atoms with Crippen molar-refractivity contribution in [2.24, 2.45) is 10.8 Å². The molecule has 0 bridgehead atoms. The van der Waals surface area contributed by atoms with E-state index >= 15 is 0 Å². The van der Waals surface area contributed by atoms with Crippen molar-refractivity contribution in [1.82, 2.24) is 0 Å². The molecule has 2 rings (SSSR count).